The van der Waals surface area contributed by atoms with Crippen LogP contribution in [0.5, 0.6) is 0 Å². The van der Waals surface area contributed by atoms with E-state index in [2.05, 4.69) is 5.32 Å². The summed E-state index contributed by atoms with van der Waals surface area (Å²) >= 11 is 0. The molecule has 78 valence electrons. The lowest BCUT2D eigenvalue weighted by Gasteiger charge is -2.02. The van der Waals surface area contributed by atoms with Gasteiger partial charge in [-0.25, -0.2) is 0 Å². The highest BCUT2D eigenvalue weighted by Gasteiger charge is 2.13. The molecular formula is C9H13NO4. The van der Waals surface area contributed by atoms with Crippen LogP contribution in [-0.4, -0.2) is 30.1 Å². The minimum Gasteiger partial charge on any atom is -0.500 e. The van der Waals surface area contributed by atoms with Crippen molar-refractivity contribution in [3.8, 4) is 0 Å². The molecule has 0 bridgehead atoms. The number of carboxylic acids is 1. The molecule has 0 aromatic heterocycles. The van der Waals surface area contributed by atoms with E-state index >= 15 is 0 Å². The van der Waals surface area contributed by atoms with Crippen LogP contribution < -0.4 is 5.32 Å². The summed E-state index contributed by atoms with van der Waals surface area (Å²) in [6.07, 6.45) is 2.61. The Hall–Kier alpha value is -1.52. The first-order valence-electron chi connectivity index (χ1n) is 4.51. The highest BCUT2D eigenvalue weighted by Crippen LogP contribution is 2.09. The van der Waals surface area contributed by atoms with Gasteiger partial charge in [0.25, 0.3) is 0 Å². The molecule has 1 aliphatic heterocycles. The van der Waals surface area contributed by atoms with Crippen molar-refractivity contribution in [3.63, 3.8) is 0 Å². The topological polar surface area (TPSA) is 75.6 Å². The summed E-state index contributed by atoms with van der Waals surface area (Å²) in [7, 11) is 0. The van der Waals surface area contributed by atoms with Crippen LogP contribution in [0.2, 0.25) is 0 Å². The number of carboxylic acid groups (broad SMARTS) is 1. The van der Waals surface area contributed by atoms with Crippen molar-refractivity contribution in [2.75, 3.05) is 13.2 Å². The predicted octanol–water partition coefficient (Wildman–Crippen LogP) is 0.272. The van der Waals surface area contributed by atoms with E-state index in [-0.39, 0.29) is 12.3 Å². The molecule has 0 aromatic rings. The number of carbonyl (C=O) groups excluding carboxylic acids is 1. The van der Waals surface area contributed by atoms with Gasteiger partial charge in [0, 0.05) is 19.4 Å². The van der Waals surface area contributed by atoms with E-state index in [0.717, 1.165) is 0 Å². The van der Waals surface area contributed by atoms with Crippen molar-refractivity contribution in [1.29, 1.82) is 0 Å². The summed E-state index contributed by atoms with van der Waals surface area (Å²) < 4.78 is 4.91. The number of carbonyl (C=O) groups is 2. The second-order valence-electron chi connectivity index (χ2n) is 3.02. The molecule has 0 aromatic carbocycles. The van der Waals surface area contributed by atoms with Crippen molar-refractivity contribution in [2.24, 2.45) is 0 Å². The van der Waals surface area contributed by atoms with E-state index in [9.17, 15) is 9.59 Å². The van der Waals surface area contributed by atoms with Crippen LogP contribution in [0.3, 0.4) is 0 Å². The average molecular weight is 199 g/mol. The van der Waals surface area contributed by atoms with Crippen LogP contribution in [0.25, 0.3) is 0 Å². The SMILES string of the molecule is O=C(O)CCCNC(=O)C1=COCC1. The Balaban J connectivity index is 2.12. The van der Waals surface area contributed by atoms with E-state index in [1.807, 2.05) is 0 Å². The van der Waals surface area contributed by atoms with Crippen LogP contribution >= 0.6 is 0 Å². The van der Waals surface area contributed by atoms with Crippen molar-refractivity contribution in [3.05, 3.63) is 11.8 Å². The molecule has 1 amide bonds. The van der Waals surface area contributed by atoms with Crippen molar-refractivity contribution in [1.82, 2.24) is 5.32 Å². The summed E-state index contributed by atoms with van der Waals surface area (Å²) in [5.41, 5.74) is 0.625. The molecule has 1 heterocycles. The third-order valence-electron chi connectivity index (χ3n) is 1.86. The van der Waals surface area contributed by atoms with Crippen LogP contribution in [0.4, 0.5) is 0 Å². The Labute approximate surface area is 81.7 Å². The Morgan fingerprint density at radius 1 is 1.57 bits per heavy atom. The van der Waals surface area contributed by atoms with E-state index < -0.39 is 5.97 Å². The van der Waals surface area contributed by atoms with Crippen LogP contribution in [-0.2, 0) is 14.3 Å². The molecule has 0 saturated carbocycles. The normalized spacial score (nSPS) is 14.4. The van der Waals surface area contributed by atoms with E-state index in [1.165, 1.54) is 6.26 Å². The third-order valence-corrected chi connectivity index (χ3v) is 1.86. The molecule has 5 heteroatoms. The smallest absolute Gasteiger partial charge is 0.303 e. The van der Waals surface area contributed by atoms with Gasteiger partial charge in [-0.1, -0.05) is 0 Å². The lowest BCUT2D eigenvalue weighted by Crippen LogP contribution is -2.25. The standard InChI is InChI=1S/C9H13NO4/c11-8(12)2-1-4-10-9(13)7-3-5-14-6-7/h6H,1-5H2,(H,10,13)(H,11,12). The molecule has 0 fully saturated rings. The first kappa shape index (κ1) is 10.6. The molecule has 5 nitrogen and oxygen atoms in total. The highest BCUT2D eigenvalue weighted by atomic mass is 16.5. The van der Waals surface area contributed by atoms with Gasteiger partial charge in [0.2, 0.25) is 5.91 Å². The quantitative estimate of drug-likeness (QED) is 0.623. The van der Waals surface area contributed by atoms with Crippen molar-refractivity contribution >= 4 is 11.9 Å². The number of ether oxygens (including phenoxy) is 1. The fourth-order valence-electron chi connectivity index (χ4n) is 1.11. The van der Waals surface area contributed by atoms with Crippen LogP contribution in [0.1, 0.15) is 19.3 Å². The molecule has 14 heavy (non-hydrogen) atoms. The molecule has 0 unspecified atom stereocenters. The van der Waals surface area contributed by atoms with Gasteiger partial charge in [0.1, 0.15) is 0 Å². The van der Waals surface area contributed by atoms with Gasteiger partial charge < -0.3 is 15.2 Å². The maximum atomic E-state index is 11.3. The number of nitrogens with one attached hydrogen (secondary N) is 1. The molecule has 1 aliphatic rings. The summed E-state index contributed by atoms with van der Waals surface area (Å²) in [5.74, 6) is -1.00. The van der Waals surface area contributed by atoms with Gasteiger partial charge in [-0.05, 0) is 6.42 Å². The molecule has 1 rings (SSSR count). The summed E-state index contributed by atoms with van der Waals surface area (Å²) in [5, 5.41) is 11.0. The fraction of sp³-hybridized carbons (Fsp3) is 0.556. The van der Waals surface area contributed by atoms with Crippen LogP contribution in [0, 0.1) is 0 Å². The lowest BCUT2D eigenvalue weighted by molar-refractivity contribution is -0.137. The second kappa shape index (κ2) is 5.26. The minimum atomic E-state index is -0.845. The van der Waals surface area contributed by atoms with E-state index in [4.69, 9.17) is 9.84 Å². The number of aliphatic carboxylic acids is 1. The number of amides is 1. The Morgan fingerprint density at radius 2 is 2.36 bits per heavy atom. The molecule has 0 spiro atoms. The average Bonchev–Trinajstić information content (AvgIpc) is 2.64. The van der Waals surface area contributed by atoms with Gasteiger partial charge in [0.05, 0.1) is 18.4 Å². The maximum absolute atomic E-state index is 11.3. The van der Waals surface area contributed by atoms with Gasteiger partial charge >= 0.3 is 5.97 Å². The molecule has 0 saturated heterocycles. The number of rotatable bonds is 5. The zero-order valence-electron chi connectivity index (χ0n) is 7.78. The van der Waals surface area contributed by atoms with Gasteiger partial charge in [0.15, 0.2) is 0 Å². The van der Waals surface area contributed by atoms with E-state index in [0.29, 0.717) is 31.6 Å². The number of hydrogen-bond acceptors (Lipinski definition) is 3. The lowest BCUT2D eigenvalue weighted by atomic mass is 10.2. The van der Waals surface area contributed by atoms with Gasteiger partial charge in [-0.3, -0.25) is 9.59 Å². The zero-order valence-corrected chi connectivity index (χ0v) is 7.78. The molecule has 0 radical (unpaired) electrons. The molecule has 2 N–H and O–H groups in total. The second-order valence-corrected chi connectivity index (χ2v) is 3.02. The third kappa shape index (κ3) is 3.47. The largest absolute Gasteiger partial charge is 0.500 e. The Kier molecular flexibility index (Phi) is 3.97. The summed E-state index contributed by atoms with van der Waals surface area (Å²) in [4.78, 5) is 21.4. The first-order chi connectivity index (χ1) is 6.70. The highest BCUT2D eigenvalue weighted by molar-refractivity contribution is 5.93. The zero-order chi connectivity index (χ0) is 10.4. The monoisotopic (exact) mass is 199 g/mol. The first-order valence-corrected chi connectivity index (χ1v) is 4.51. The molecule has 0 aliphatic carbocycles. The molecular weight excluding hydrogens is 186 g/mol. The minimum absolute atomic E-state index is 0.0792. The van der Waals surface area contributed by atoms with Crippen LogP contribution in [0.15, 0.2) is 11.8 Å². The van der Waals surface area contributed by atoms with Crippen molar-refractivity contribution < 1.29 is 19.4 Å². The Morgan fingerprint density at radius 3 is 2.93 bits per heavy atom. The Bertz CT molecular complexity index is 260. The van der Waals surface area contributed by atoms with Gasteiger partial charge in [-0.2, -0.15) is 0 Å². The fourth-order valence-corrected chi connectivity index (χ4v) is 1.11. The van der Waals surface area contributed by atoms with Gasteiger partial charge in [-0.15, -0.1) is 0 Å². The summed E-state index contributed by atoms with van der Waals surface area (Å²) in [6.45, 7) is 0.945. The molecule has 0 atom stereocenters. The van der Waals surface area contributed by atoms with E-state index in [1.54, 1.807) is 0 Å². The number of hydrogen-bond donors (Lipinski definition) is 2. The summed E-state index contributed by atoms with van der Waals surface area (Å²) in [6, 6.07) is 0. The predicted molar refractivity (Wildman–Crippen MR) is 48.5 cm³/mol. The van der Waals surface area contributed by atoms with Crippen molar-refractivity contribution in [2.45, 2.75) is 19.3 Å². The maximum Gasteiger partial charge on any atom is 0.303 e.